The number of ether oxygens (including phenoxy) is 1. The van der Waals surface area contributed by atoms with Crippen molar-refractivity contribution in [2.24, 2.45) is 11.3 Å². The highest BCUT2D eigenvalue weighted by Gasteiger charge is 2.34. The number of carbonyl (C=O) groups excluding carboxylic acids is 1. The van der Waals surface area contributed by atoms with Crippen LogP contribution in [0.15, 0.2) is 0 Å². The molecule has 3 N–H and O–H groups in total. The zero-order chi connectivity index (χ0) is 13.3. The maximum atomic E-state index is 11.8. The van der Waals surface area contributed by atoms with Gasteiger partial charge in [-0.05, 0) is 30.6 Å². The number of hydrogen-bond donors (Lipinski definition) is 2. The Labute approximate surface area is 106 Å². The van der Waals surface area contributed by atoms with Crippen molar-refractivity contribution in [2.75, 3.05) is 5.73 Å². The van der Waals surface area contributed by atoms with Crippen molar-refractivity contribution in [1.29, 1.82) is 0 Å². The van der Waals surface area contributed by atoms with Gasteiger partial charge in [0.05, 0.1) is 0 Å². The fourth-order valence-electron chi connectivity index (χ4n) is 2.92. The molecule has 0 radical (unpaired) electrons. The Morgan fingerprint density at radius 3 is 2.78 bits per heavy atom. The summed E-state index contributed by atoms with van der Waals surface area (Å²) in [7, 11) is 0. The molecule has 1 aliphatic carbocycles. The van der Waals surface area contributed by atoms with Crippen LogP contribution in [0, 0.1) is 11.3 Å². The lowest BCUT2D eigenvalue weighted by Gasteiger charge is -2.38. The van der Waals surface area contributed by atoms with E-state index in [0.29, 0.717) is 5.92 Å². The van der Waals surface area contributed by atoms with Crippen molar-refractivity contribution in [1.82, 2.24) is 15.2 Å². The molecule has 0 aliphatic heterocycles. The second kappa shape index (κ2) is 4.59. The number of carbonyl (C=O) groups is 1. The van der Waals surface area contributed by atoms with E-state index < -0.39 is 5.97 Å². The average molecular weight is 252 g/mol. The number of nitrogen functional groups attached to an aromatic ring is 1. The summed E-state index contributed by atoms with van der Waals surface area (Å²) in [6.07, 6.45) is 2.89. The normalized spacial score (nSPS) is 26.8. The molecule has 1 saturated carbocycles. The first kappa shape index (κ1) is 12.9. The summed E-state index contributed by atoms with van der Waals surface area (Å²) in [5, 5.41) is 6.08. The predicted octanol–water partition coefficient (Wildman–Crippen LogP) is 1.76. The molecule has 1 aliphatic rings. The lowest BCUT2D eigenvalue weighted by molar-refractivity contribution is -0.00817. The molecule has 1 heterocycles. The number of aromatic nitrogens is 3. The Balaban J connectivity index is 1.99. The van der Waals surface area contributed by atoms with Crippen LogP contribution >= 0.6 is 0 Å². The molecular formula is C12H20N4O2. The number of H-pyrrole nitrogens is 1. The zero-order valence-electron chi connectivity index (χ0n) is 11.1. The van der Waals surface area contributed by atoms with Crippen LogP contribution in [0.1, 0.15) is 50.7 Å². The van der Waals surface area contributed by atoms with Gasteiger partial charge in [0.15, 0.2) is 0 Å². The maximum absolute atomic E-state index is 11.8. The highest BCUT2D eigenvalue weighted by atomic mass is 16.5. The van der Waals surface area contributed by atoms with E-state index in [0.717, 1.165) is 19.3 Å². The fraction of sp³-hybridized carbons (Fsp3) is 0.750. The summed E-state index contributed by atoms with van der Waals surface area (Å²) in [6, 6.07) is 0. The van der Waals surface area contributed by atoms with E-state index in [4.69, 9.17) is 10.5 Å². The number of esters is 1. The monoisotopic (exact) mass is 252 g/mol. The number of aromatic amines is 1. The number of rotatable bonds is 2. The minimum absolute atomic E-state index is 0.0532. The molecule has 2 atom stereocenters. The number of hydrogen-bond acceptors (Lipinski definition) is 5. The topological polar surface area (TPSA) is 93.9 Å². The summed E-state index contributed by atoms with van der Waals surface area (Å²) in [4.78, 5) is 15.6. The number of nitrogens with one attached hydrogen (secondary N) is 1. The van der Waals surface area contributed by atoms with Crippen LogP contribution in [-0.4, -0.2) is 27.3 Å². The highest BCUT2D eigenvalue weighted by molar-refractivity contribution is 5.85. The smallest absolute Gasteiger partial charge is 0.376 e. The van der Waals surface area contributed by atoms with Gasteiger partial charge in [-0.15, -0.1) is 5.10 Å². The minimum Gasteiger partial charge on any atom is -0.456 e. The van der Waals surface area contributed by atoms with Gasteiger partial charge < -0.3 is 10.5 Å². The number of nitrogens with two attached hydrogens (primary N) is 1. The van der Waals surface area contributed by atoms with Crippen molar-refractivity contribution in [3.05, 3.63) is 5.82 Å². The van der Waals surface area contributed by atoms with Crippen LogP contribution in [0.5, 0.6) is 0 Å². The summed E-state index contributed by atoms with van der Waals surface area (Å²) in [6.45, 7) is 6.60. The van der Waals surface area contributed by atoms with E-state index in [2.05, 4.69) is 36.0 Å². The minimum atomic E-state index is -0.478. The van der Waals surface area contributed by atoms with Gasteiger partial charge in [0.1, 0.15) is 6.10 Å². The standard InChI is InChI=1S/C12H20N4O2/c1-7-4-8(6-12(2,3)5-7)18-10(17)9-14-11(13)16-15-9/h7-8H,4-6H2,1-3H3,(H3,13,14,15,16). The Morgan fingerprint density at radius 2 is 2.22 bits per heavy atom. The Hall–Kier alpha value is -1.59. The largest absolute Gasteiger partial charge is 0.456 e. The summed E-state index contributed by atoms with van der Waals surface area (Å²) < 4.78 is 5.47. The molecule has 0 bridgehead atoms. The van der Waals surface area contributed by atoms with Crippen molar-refractivity contribution >= 4 is 11.9 Å². The van der Waals surface area contributed by atoms with Gasteiger partial charge in [0.25, 0.3) is 0 Å². The first-order chi connectivity index (χ1) is 8.35. The first-order valence-corrected chi connectivity index (χ1v) is 6.24. The van der Waals surface area contributed by atoms with Gasteiger partial charge in [-0.25, -0.2) is 4.79 Å². The molecule has 1 fully saturated rings. The number of nitrogens with zero attached hydrogens (tertiary/aromatic N) is 2. The van der Waals surface area contributed by atoms with Crippen molar-refractivity contribution in [3.8, 4) is 0 Å². The number of anilines is 1. The molecule has 0 saturated heterocycles. The molecule has 2 unspecified atom stereocenters. The van der Waals surface area contributed by atoms with E-state index in [1.54, 1.807) is 0 Å². The van der Waals surface area contributed by atoms with E-state index in [1.165, 1.54) is 0 Å². The van der Waals surface area contributed by atoms with E-state index in [9.17, 15) is 4.79 Å². The van der Waals surface area contributed by atoms with Crippen LogP contribution in [0.4, 0.5) is 5.95 Å². The fourth-order valence-corrected chi connectivity index (χ4v) is 2.92. The molecule has 1 aromatic rings. The molecule has 6 nitrogen and oxygen atoms in total. The van der Waals surface area contributed by atoms with Crippen LogP contribution in [0.3, 0.4) is 0 Å². The van der Waals surface area contributed by atoms with Crippen LogP contribution in [-0.2, 0) is 4.74 Å². The summed E-state index contributed by atoms with van der Waals surface area (Å²) in [5.41, 5.74) is 5.56. The second-order valence-corrected chi connectivity index (χ2v) is 5.98. The summed E-state index contributed by atoms with van der Waals surface area (Å²) >= 11 is 0. The van der Waals surface area contributed by atoms with Crippen LogP contribution < -0.4 is 5.73 Å². The van der Waals surface area contributed by atoms with E-state index >= 15 is 0 Å². The molecule has 18 heavy (non-hydrogen) atoms. The van der Waals surface area contributed by atoms with Gasteiger partial charge in [-0.3, -0.25) is 5.10 Å². The first-order valence-electron chi connectivity index (χ1n) is 6.24. The third-order valence-electron chi connectivity index (χ3n) is 3.32. The van der Waals surface area contributed by atoms with Crippen LogP contribution in [0.25, 0.3) is 0 Å². The average Bonchev–Trinajstić information content (AvgIpc) is 2.61. The summed E-state index contributed by atoms with van der Waals surface area (Å²) in [5.74, 6) is 0.211. The van der Waals surface area contributed by atoms with Crippen molar-refractivity contribution in [2.45, 2.75) is 46.1 Å². The lowest BCUT2D eigenvalue weighted by Crippen LogP contribution is -2.34. The van der Waals surface area contributed by atoms with Gasteiger partial charge in [0, 0.05) is 0 Å². The SMILES string of the molecule is CC1CC(OC(=O)c2nc(N)n[nH]2)CC(C)(C)C1. The third kappa shape index (κ3) is 3.00. The van der Waals surface area contributed by atoms with Crippen LogP contribution in [0.2, 0.25) is 0 Å². The van der Waals surface area contributed by atoms with E-state index in [-0.39, 0.29) is 23.3 Å². The Bertz CT molecular complexity index is 441. The van der Waals surface area contributed by atoms with Crippen molar-refractivity contribution < 1.29 is 9.53 Å². The molecule has 0 spiro atoms. The van der Waals surface area contributed by atoms with Gasteiger partial charge in [-0.1, -0.05) is 20.8 Å². The Kier molecular flexibility index (Phi) is 3.28. The second-order valence-electron chi connectivity index (χ2n) is 5.98. The van der Waals surface area contributed by atoms with Gasteiger partial charge in [-0.2, -0.15) is 4.98 Å². The van der Waals surface area contributed by atoms with Crippen molar-refractivity contribution in [3.63, 3.8) is 0 Å². The lowest BCUT2D eigenvalue weighted by atomic mass is 9.71. The molecule has 0 amide bonds. The third-order valence-corrected chi connectivity index (χ3v) is 3.32. The van der Waals surface area contributed by atoms with Gasteiger partial charge in [0.2, 0.25) is 11.8 Å². The quantitative estimate of drug-likeness (QED) is 0.782. The molecule has 6 heteroatoms. The molecule has 100 valence electrons. The molecule has 0 aromatic carbocycles. The van der Waals surface area contributed by atoms with Gasteiger partial charge >= 0.3 is 5.97 Å². The Morgan fingerprint density at radius 1 is 1.50 bits per heavy atom. The molecule has 2 rings (SSSR count). The zero-order valence-corrected chi connectivity index (χ0v) is 11.1. The van der Waals surface area contributed by atoms with E-state index in [1.807, 2.05) is 0 Å². The predicted molar refractivity (Wildman–Crippen MR) is 66.8 cm³/mol. The molecular weight excluding hydrogens is 232 g/mol. The highest BCUT2D eigenvalue weighted by Crippen LogP contribution is 2.39. The maximum Gasteiger partial charge on any atom is 0.376 e. The molecule has 1 aromatic heterocycles.